The molecule has 1 amide bonds. The van der Waals surface area contributed by atoms with Crippen molar-refractivity contribution in [3.8, 4) is 11.5 Å². The first kappa shape index (κ1) is 22.2. The number of amides is 1. The van der Waals surface area contributed by atoms with E-state index >= 15 is 0 Å². The van der Waals surface area contributed by atoms with Crippen molar-refractivity contribution >= 4 is 44.9 Å². The fourth-order valence-corrected chi connectivity index (χ4v) is 2.89. The maximum Gasteiger partial charge on any atom is 0.261 e. The third kappa shape index (κ3) is 7.13. The molecule has 0 bridgehead atoms. The Balaban J connectivity index is 2.06. The van der Waals surface area contributed by atoms with Gasteiger partial charge in [-0.25, -0.2) is 0 Å². The molecule has 0 saturated heterocycles. The van der Waals surface area contributed by atoms with Gasteiger partial charge in [-0.2, -0.15) is 0 Å². The minimum absolute atomic E-state index is 0.0719. The number of rotatable bonds is 7. The van der Waals surface area contributed by atoms with Crippen molar-refractivity contribution in [3.63, 3.8) is 0 Å². The lowest BCUT2D eigenvalue weighted by Gasteiger charge is -2.15. The van der Waals surface area contributed by atoms with Crippen molar-refractivity contribution in [3.05, 3.63) is 52.5 Å². The van der Waals surface area contributed by atoms with E-state index in [0.29, 0.717) is 23.8 Å². The van der Waals surface area contributed by atoms with Crippen LogP contribution >= 0.6 is 28.1 Å². The maximum atomic E-state index is 12.7. The monoisotopic (exact) mass is 464 g/mol. The Hall–Kier alpha value is -2.12. The van der Waals surface area contributed by atoms with E-state index in [2.05, 4.69) is 40.4 Å². The highest BCUT2D eigenvalue weighted by Gasteiger charge is 2.15. The molecule has 0 aliphatic carbocycles. The molecule has 28 heavy (non-hydrogen) atoms. The van der Waals surface area contributed by atoms with Crippen LogP contribution in [0.2, 0.25) is 0 Å². The molecule has 0 aliphatic heterocycles. The lowest BCUT2D eigenvalue weighted by atomic mass is 10.2. The Morgan fingerprint density at radius 3 is 2.57 bits per heavy atom. The molecule has 0 atom stereocenters. The average Bonchev–Trinajstić information content (AvgIpc) is 2.60. The summed E-state index contributed by atoms with van der Waals surface area (Å²) in [6.07, 6.45) is 0.0719. The zero-order valence-electron chi connectivity index (χ0n) is 16.4. The zero-order chi connectivity index (χ0) is 20.7. The van der Waals surface area contributed by atoms with Crippen LogP contribution in [0.25, 0.3) is 0 Å². The van der Waals surface area contributed by atoms with Crippen molar-refractivity contribution in [1.29, 1.82) is 0 Å². The highest BCUT2D eigenvalue weighted by atomic mass is 79.9. The SMILES string of the molecule is CC(C)COc1ccc(Br)cc1C(=O)NC(=S)Nc1cccc(OC(C)C)c1. The Morgan fingerprint density at radius 2 is 1.89 bits per heavy atom. The number of anilines is 1. The molecule has 2 N–H and O–H groups in total. The van der Waals surface area contributed by atoms with Gasteiger partial charge in [0.1, 0.15) is 11.5 Å². The Kier molecular flexibility index (Phi) is 8.26. The van der Waals surface area contributed by atoms with Gasteiger partial charge in [-0.05, 0) is 62.3 Å². The Labute approximate surface area is 179 Å². The van der Waals surface area contributed by atoms with Crippen LogP contribution in [0.5, 0.6) is 11.5 Å². The smallest absolute Gasteiger partial charge is 0.261 e. The number of ether oxygens (including phenoxy) is 2. The standard InChI is InChI=1S/C21H25BrN2O3S/c1-13(2)12-26-19-9-8-15(22)10-18(19)20(25)24-21(28)23-16-6-5-7-17(11-16)27-14(3)4/h5-11,13-14H,12H2,1-4H3,(H2,23,24,25,28). The van der Waals surface area contributed by atoms with E-state index in [1.807, 2.05) is 44.2 Å². The maximum absolute atomic E-state index is 12.7. The topological polar surface area (TPSA) is 59.6 Å². The van der Waals surface area contributed by atoms with E-state index in [-0.39, 0.29) is 17.1 Å². The van der Waals surface area contributed by atoms with Crippen LogP contribution in [0.1, 0.15) is 38.1 Å². The summed E-state index contributed by atoms with van der Waals surface area (Å²) in [7, 11) is 0. The zero-order valence-corrected chi connectivity index (χ0v) is 18.8. The van der Waals surface area contributed by atoms with E-state index in [0.717, 1.165) is 15.9 Å². The molecule has 0 radical (unpaired) electrons. The average molecular weight is 465 g/mol. The van der Waals surface area contributed by atoms with Crippen LogP contribution in [-0.4, -0.2) is 23.7 Å². The highest BCUT2D eigenvalue weighted by Crippen LogP contribution is 2.24. The van der Waals surface area contributed by atoms with Crippen molar-refractivity contribution in [2.24, 2.45) is 5.92 Å². The molecule has 7 heteroatoms. The molecule has 0 aromatic heterocycles. The van der Waals surface area contributed by atoms with Gasteiger partial charge in [-0.3, -0.25) is 10.1 Å². The van der Waals surface area contributed by atoms with Gasteiger partial charge in [0.05, 0.1) is 18.3 Å². The summed E-state index contributed by atoms with van der Waals surface area (Å²) in [6, 6.07) is 12.7. The molecule has 0 unspecified atom stereocenters. The van der Waals surface area contributed by atoms with Crippen molar-refractivity contribution in [2.45, 2.75) is 33.8 Å². The van der Waals surface area contributed by atoms with Gasteiger partial charge < -0.3 is 14.8 Å². The summed E-state index contributed by atoms with van der Waals surface area (Å²) in [5, 5.41) is 5.90. The van der Waals surface area contributed by atoms with Crippen LogP contribution in [0.4, 0.5) is 5.69 Å². The number of thiocarbonyl (C=S) groups is 1. The third-order valence-electron chi connectivity index (χ3n) is 3.45. The number of hydrogen-bond acceptors (Lipinski definition) is 4. The van der Waals surface area contributed by atoms with E-state index in [1.165, 1.54) is 0 Å². The molecule has 0 aliphatic rings. The molecule has 0 heterocycles. The van der Waals surface area contributed by atoms with Crippen LogP contribution in [0.15, 0.2) is 46.9 Å². The highest BCUT2D eigenvalue weighted by molar-refractivity contribution is 9.10. The first-order chi connectivity index (χ1) is 13.2. The van der Waals surface area contributed by atoms with E-state index < -0.39 is 0 Å². The van der Waals surface area contributed by atoms with E-state index in [1.54, 1.807) is 12.1 Å². The summed E-state index contributed by atoms with van der Waals surface area (Å²) in [6.45, 7) is 8.54. The first-order valence-electron chi connectivity index (χ1n) is 9.06. The number of hydrogen-bond donors (Lipinski definition) is 2. The summed E-state index contributed by atoms with van der Waals surface area (Å²) in [5.74, 6) is 1.25. The predicted octanol–water partition coefficient (Wildman–Crippen LogP) is 5.40. The summed E-state index contributed by atoms with van der Waals surface area (Å²) >= 11 is 8.68. The van der Waals surface area contributed by atoms with Crippen LogP contribution in [-0.2, 0) is 0 Å². The lowest BCUT2D eigenvalue weighted by molar-refractivity contribution is 0.0973. The molecule has 150 valence electrons. The van der Waals surface area contributed by atoms with Gasteiger partial charge in [0.2, 0.25) is 0 Å². The van der Waals surface area contributed by atoms with Gasteiger partial charge in [0, 0.05) is 16.2 Å². The van der Waals surface area contributed by atoms with Crippen LogP contribution < -0.4 is 20.1 Å². The molecule has 0 saturated carbocycles. The molecule has 5 nitrogen and oxygen atoms in total. The third-order valence-corrected chi connectivity index (χ3v) is 4.15. The second-order valence-electron chi connectivity index (χ2n) is 6.95. The van der Waals surface area contributed by atoms with Crippen LogP contribution in [0, 0.1) is 5.92 Å². The van der Waals surface area contributed by atoms with Crippen LogP contribution in [0.3, 0.4) is 0 Å². The fraction of sp³-hybridized carbons (Fsp3) is 0.333. The van der Waals surface area contributed by atoms with Gasteiger partial charge >= 0.3 is 0 Å². The number of nitrogens with one attached hydrogen (secondary N) is 2. The van der Waals surface area contributed by atoms with E-state index in [9.17, 15) is 4.79 Å². The van der Waals surface area contributed by atoms with Gasteiger partial charge in [0.25, 0.3) is 5.91 Å². The van der Waals surface area contributed by atoms with Crippen molar-refractivity contribution in [1.82, 2.24) is 5.32 Å². The normalized spacial score (nSPS) is 10.7. The molecule has 2 aromatic rings. The largest absolute Gasteiger partial charge is 0.492 e. The molecule has 0 fully saturated rings. The molecule has 0 spiro atoms. The van der Waals surface area contributed by atoms with E-state index in [4.69, 9.17) is 21.7 Å². The summed E-state index contributed by atoms with van der Waals surface area (Å²) in [5.41, 5.74) is 1.14. The quantitative estimate of drug-likeness (QED) is 0.537. The number of carbonyl (C=O) groups excluding carboxylic acids is 1. The second-order valence-corrected chi connectivity index (χ2v) is 8.27. The Bertz CT molecular complexity index is 840. The van der Waals surface area contributed by atoms with Gasteiger partial charge in [-0.15, -0.1) is 0 Å². The number of carbonyl (C=O) groups is 1. The molecular weight excluding hydrogens is 440 g/mol. The lowest BCUT2D eigenvalue weighted by Crippen LogP contribution is -2.34. The first-order valence-corrected chi connectivity index (χ1v) is 10.3. The predicted molar refractivity (Wildman–Crippen MR) is 120 cm³/mol. The molecule has 2 rings (SSSR count). The summed E-state index contributed by atoms with van der Waals surface area (Å²) < 4.78 is 12.2. The second kappa shape index (κ2) is 10.4. The molecule has 2 aromatic carbocycles. The number of benzene rings is 2. The number of halogens is 1. The van der Waals surface area contributed by atoms with Gasteiger partial charge in [-0.1, -0.05) is 35.8 Å². The van der Waals surface area contributed by atoms with Crippen molar-refractivity contribution in [2.75, 3.05) is 11.9 Å². The van der Waals surface area contributed by atoms with Gasteiger partial charge in [0.15, 0.2) is 5.11 Å². The van der Waals surface area contributed by atoms with Crippen molar-refractivity contribution < 1.29 is 14.3 Å². The molecular formula is C21H25BrN2O3S. The Morgan fingerprint density at radius 1 is 1.14 bits per heavy atom. The fourth-order valence-electron chi connectivity index (χ4n) is 2.31. The summed E-state index contributed by atoms with van der Waals surface area (Å²) in [4.78, 5) is 12.7. The minimum atomic E-state index is -0.341. The minimum Gasteiger partial charge on any atom is -0.492 e.